The number of carbonyl (C=O) groups is 1. The summed E-state index contributed by atoms with van der Waals surface area (Å²) in [5.41, 5.74) is 6.32. The number of rotatable bonds is 6. The van der Waals surface area contributed by atoms with Crippen LogP contribution in [0, 0.1) is 5.41 Å². The van der Waals surface area contributed by atoms with Crippen molar-refractivity contribution >= 4 is 17.5 Å². The van der Waals surface area contributed by atoms with Gasteiger partial charge in [0.2, 0.25) is 5.91 Å². The molecule has 0 bridgehead atoms. The van der Waals surface area contributed by atoms with Crippen LogP contribution in [0.4, 0.5) is 0 Å². The maximum Gasteiger partial charge on any atom is 0.225 e. The van der Waals surface area contributed by atoms with Gasteiger partial charge in [-0.1, -0.05) is 23.7 Å². The fraction of sp³-hybridized carbons (Fsp3) is 0.562. The molecule has 0 saturated carbocycles. The Labute approximate surface area is 131 Å². The fourth-order valence-corrected chi connectivity index (χ4v) is 2.94. The second kappa shape index (κ2) is 7.25. The van der Waals surface area contributed by atoms with Crippen LogP contribution in [-0.2, 0) is 16.0 Å². The first-order valence-corrected chi connectivity index (χ1v) is 7.75. The molecule has 1 amide bonds. The lowest BCUT2D eigenvalue weighted by Gasteiger charge is -2.35. The van der Waals surface area contributed by atoms with E-state index in [0.717, 1.165) is 11.4 Å². The molecule has 0 spiro atoms. The molecule has 3 N–H and O–H groups in total. The van der Waals surface area contributed by atoms with E-state index in [1.165, 1.54) is 5.56 Å². The number of benzene rings is 1. The third kappa shape index (κ3) is 4.43. The number of carbonyl (C=O) groups excluding carboxylic acids is 1. The molecular weight excluding hydrogens is 288 g/mol. The van der Waals surface area contributed by atoms with Gasteiger partial charge in [-0.3, -0.25) is 4.79 Å². The zero-order valence-electron chi connectivity index (χ0n) is 12.4. The Morgan fingerprint density at radius 2 is 2.19 bits per heavy atom. The van der Waals surface area contributed by atoms with Gasteiger partial charge in [-0.05, 0) is 43.9 Å². The maximum absolute atomic E-state index is 11.8. The Kier molecular flexibility index (Phi) is 5.62. The summed E-state index contributed by atoms with van der Waals surface area (Å²) >= 11 is 6.00. The van der Waals surface area contributed by atoms with E-state index in [1.54, 1.807) is 0 Å². The molecule has 1 aliphatic heterocycles. The quantitative estimate of drug-likeness (QED) is 0.846. The molecule has 1 saturated heterocycles. The molecule has 0 aromatic heterocycles. The number of hydrogen-bond acceptors (Lipinski definition) is 3. The molecule has 0 aliphatic carbocycles. The highest BCUT2D eigenvalue weighted by molar-refractivity contribution is 6.30. The molecule has 1 aromatic carbocycles. The van der Waals surface area contributed by atoms with Gasteiger partial charge in [0.1, 0.15) is 0 Å². The van der Waals surface area contributed by atoms with Crippen molar-refractivity contribution in [3.05, 3.63) is 34.9 Å². The number of primary amides is 1. The smallest absolute Gasteiger partial charge is 0.225 e. The van der Waals surface area contributed by atoms with E-state index >= 15 is 0 Å². The minimum atomic E-state index is -0.471. The number of nitrogens with one attached hydrogen (secondary N) is 1. The van der Waals surface area contributed by atoms with Gasteiger partial charge in [-0.2, -0.15) is 0 Å². The summed E-state index contributed by atoms with van der Waals surface area (Å²) in [6.07, 6.45) is 2.25. The predicted octanol–water partition coefficient (Wildman–Crippen LogP) is 2.14. The first-order chi connectivity index (χ1) is 10.0. The lowest BCUT2D eigenvalue weighted by Crippen LogP contribution is -2.50. The predicted molar refractivity (Wildman–Crippen MR) is 84.3 cm³/mol. The molecule has 21 heavy (non-hydrogen) atoms. The molecule has 116 valence electrons. The third-order valence-corrected chi connectivity index (χ3v) is 4.43. The van der Waals surface area contributed by atoms with Crippen LogP contribution in [0.25, 0.3) is 0 Å². The van der Waals surface area contributed by atoms with Crippen molar-refractivity contribution in [1.29, 1.82) is 0 Å². The van der Waals surface area contributed by atoms with Crippen molar-refractivity contribution in [2.24, 2.45) is 11.1 Å². The van der Waals surface area contributed by atoms with Crippen LogP contribution in [0.3, 0.4) is 0 Å². The molecule has 1 aliphatic rings. The van der Waals surface area contributed by atoms with E-state index < -0.39 is 5.41 Å². The number of nitrogens with two attached hydrogens (primary N) is 1. The van der Waals surface area contributed by atoms with Gasteiger partial charge in [-0.15, -0.1) is 0 Å². The first kappa shape index (κ1) is 16.3. The van der Waals surface area contributed by atoms with Crippen LogP contribution >= 0.6 is 11.6 Å². The monoisotopic (exact) mass is 310 g/mol. The molecule has 1 heterocycles. The van der Waals surface area contributed by atoms with E-state index in [2.05, 4.69) is 18.3 Å². The Hall–Kier alpha value is -1.10. The largest absolute Gasteiger partial charge is 0.381 e. The molecule has 5 heteroatoms. The Balaban J connectivity index is 1.90. The molecular formula is C16H23ClN2O2. The summed E-state index contributed by atoms with van der Waals surface area (Å²) in [7, 11) is 0. The molecule has 2 rings (SSSR count). The zero-order valence-corrected chi connectivity index (χ0v) is 13.2. The standard InChI is InChI=1S/C16H23ClN2O2/c1-12(9-13-3-2-4-14(17)10-13)19-11-16(15(18)20)5-7-21-8-6-16/h2-4,10,12,19H,5-9,11H2,1H3,(H2,18,20)/t12-/m1/s1. The minimum Gasteiger partial charge on any atom is -0.381 e. The fourth-order valence-electron chi connectivity index (χ4n) is 2.73. The van der Waals surface area contributed by atoms with E-state index in [9.17, 15) is 4.79 Å². The van der Waals surface area contributed by atoms with Gasteiger partial charge in [0, 0.05) is 30.8 Å². The Bertz CT molecular complexity index is 487. The van der Waals surface area contributed by atoms with Crippen LogP contribution in [0.1, 0.15) is 25.3 Å². The Morgan fingerprint density at radius 1 is 1.48 bits per heavy atom. The third-order valence-electron chi connectivity index (χ3n) is 4.19. The van der Waals surface area contributed by atoms with Crippen molar-refractivity contribution in [2.75, 3.05) is 19.8 Å². The van der Waals surface area contributed by atoms with Gasteiger partial charge < -0.3 is 15.8 Å². The number of amides is 1. The average molecular weight is 311 g/mol. The van der Waals surface area contributed by atoms with Crippen LogP contribution < -0.4 is 11.1 Å². The first-order valence-electron chi connectivity index (χ1n) is 7.37. The SMILES string of the molecule is C[C@H](Cc1cccc(Cl)c1)NCC1(C(N)=O)CCOCC1. The molecule has 1 fully saturated rings. The molecule has 4 nitrogen and oxygen atoms in total. The van der Waals surface area contributed by atoms with Crippen molar-refractivity contribution in [1.82, 2.24) is 5.32 Å². The van der Waals surface area contributed by atoms with E-state index in [0.29, 0.717) is 32.6 Å². The van der Waals surface area contributed by atoms with Crippen molar-refractivity contribution < 1.29 is 9.53 Å². The molecule has 1 aromatic rings. The van der Waals surface area contributed by atoms with Gasteiger partial charge in [0.05, 0.1) is 5.41 Å². The lowest BCUT2D eigenvalue weighted by atomic mass is 9.79. The van der Waals surface area contributed by atoms with Crippen LogP contribution in [0.5, 0.6) is 0 Å². The van der Waals surface area contributed by atoms with Crippen LogP contribution in [0.2, 0.25) is 5.02 Å². The van der Waals surface area contributed by atoms with Gasteiger partial charge in [-0.25, -0.2) is 0 Å². The normalized spacial score (nSPS) is 19.1. The summed E-state index contributed by atoms with van der Waals surface area (Å²) in [4.78, 5) is 11.8. The summed E-state index contributed by atoms with van der Waals surface area (Å²) in [6.45, 7) is 3.92. The van der Waals surface area contributed by atoms with Gasteiger partial charge in [0.15, 0.2) is 0 Å². The van der Waals surface area contributed by atoms with Crippen molar-refractivity contribution in [2.45, 2.75) is 32.2 Å². The second-order valence-corrected chi connectivity index (χ2v) is 6.31. The number of hydrogen-bond donors (Lipinski definition) is 2. The number of halogens is 1. The summed E-state index contributed by atoms with van der Waals surface area (Å²) in [5, 5.41) is 4.19. The van der Waals surface area contributed by atoms with Crippen molar-refractivity contribution in [3.8, 4) is 0 Å². The highest BCUT2D eigenvalue weighted by Crippen LogP contribution is 2.29. The molecule has 0 unspecified atom stereocenters. The topological polar surface area (TPSA) is 64.3 Å². The summed E-state index contributed by atoms with van der Waals surface area (Å²) < 4.78 is 5.34. The summed E-state index contributed by atoms with van der Waals surface area (Å²) in [6, 6.07) is 8.10. The zero-order chi connectivity index (χ0) is 15.3. The van der Waals surface area contributed by atoms with Crippen LogP contribution in [0.15, 0.2) is 24.3 Å². The van der Waals surface area contributed by atoms with E-state index in [-0.39, 0.29) is 11.9 Å². The molecule has 0 radical (unpaired) electrons. The summed E-state index contributed by atoms with van der Waals surface area (Å²) in [5.74, 6) is -0.228. The van der Waals surface area contributed by atoms with E-state index in [4.69, 9.17) is 22.1 Å². The highest BCUT2D eigenvalue weighted by atomic mass is 35.5. The van der Waals surface area contributed by atoms with Crippen molar-refractivity contribution in [3.63, 3.8) is 0 Å². The second-order valence-electron chi connectivity index (χ2n) is 5.87. The van der Waals surface area contributed by atoms with E-state index in [1.807, 2.05) is 18.2 Å². The Morgan fingerprint density at radius 3 is 2.81 bits per heavy atom. The molecule has 1 atom stereocenters. The lowest BCUT2D eigenvalue weighted by molar-refractivity contribution is -0.133. The van der Waals surface area contributed by atoms with Gasteiger partial charge >= 0.3 is 0 Å². The maximum atomic E-state index is 11.8. The van der Waals surface area contributed by atoms with Crippen LogP contribution in [-0.4, -0.2) is 31.7 Å². The minimum absolute atomic E-state index is 0.228. The number of ether oxygens (including phenoxy) is 1. The average Bonchev–Trinajstić information content (AvgIpc) is 2.46. The highest BCUT2D eigenvalue weighted by Gasteiger charge is 2.38. The van der Waals surface area contributed by atoms with Gasteiger partial charge in [0.25, 0.3) is 0 Å².